The first kappa shape index (κ1) is 8.36. The Balaban J connectivity index is 2.55. The third-order valence-electron chi connectivity index (χ3n) is 2.80. The zero-order chi connectivity index (χ0) is 9.42. The molecule has 1 aromatic carbocycles. The summed E-state index contributed by atoms with van der Waals surface area (Å²) in [5, 5.41) is 0. The summed E-state index contributed by atoms with van der Waals surface area (Å²) in [7, 11) is 1.72. The van der Waals surface area contributed by atoms with E-state index in [2.05, 4.69) is 19.6 Å². The lowest BCUT2D eigenvalue weighted by Gasteiger charge is -2.05. The number of ether oxygens (including phenoxy) is 1. The van der Waals surface area contributed by atoms with Crippen molar-refractivity contribution < 1.29 is 4.74 Å². The molecule has 13 heavy (non-hydrogen) atoms. The number of fused-ring (bicyclic) bond motifs is 1. The molecule has 1 unspecified atom stereocenters. The Morgan fingerprint density at radius 1 is 1.46 bits per heavy atom. The molecule has 0 bridgehead atoms. The van der Waals surface area contributed by atoms with Crippen LogP contribution in [0.3, 0.4) is 0 Å². The molecule has 0 radical (unpaired) electrons. The summed E-state index contributed by atoms with van der Waals surface area (Å²) in [6.07, 6.45) is 1.07. The van der Waals surface area contributed by atoms with E-state index in [1.54, 1.807) is 7.11 Å². The van der Waals surface area contributed by atoms with E-state index in [0.29, 0.717) is 5.92 Å². The Kier molecular flexibility index (Phi) is 1.87. The van der Waals surface area contributed by atoms with E-state index in [-0.39, 0.29) is 0 Å². The number of methoxy groups -OCH3 is 1. The Hall–Kier alpha value is -1.24. The van der Waals surface area contributed by atoms with Crippen LogP contribution in [0.25, 0.3) is 5.57 Å². The SMILES string of the molecule is C=C1c2cccc(OC)c2CC1C. The van der Waals surface area contributed by atoms with Crippen molar-refractivity contribution in [1.29, 1.82) is 0 Å². The van der Waals surface area contributed by atoms with Crippen molar-refractivity contribution in [2.45, 2.75) is 13.3 Å². The minimum absolute atomic E-state index is 0.561. The zero-order valence-corrected chi connectivity index (χ0v) is 8.13. The average molecular weight is 174 g/mol. The maximum atomic E-state index is 5.31. The van der Waals surface area contributed by atoms with Gasteiger partial charge in [-0.3, -0.25) is 0 Å². The van der Waals surface area contributed by atoms with Crippen LogP contribution in [0.4, 0.5) is 0 Å². The summed E-state index contributed by atoms with van der Waals surface area (Å²) < 4.78 is 5.31. The molecule has 1 atom stereocenters. The Morgan fingerprint density at radius 3 is 2.92 bits per heavy atom. The minimum atomic E-state index is 0.561. The van der Waals surface area contributed by atoms with Gasteiger partial charge in [0.25, 0.3) is 0 Å². The topological polar surface area (TPSA) is 9.23 Å². The van der Waals surface area contributed by atoms with Gasteiger partial charge in [0.15, 0.2) is 0 Å². The predicted molar refractivity (Wildman–Crippen MR) is 54.9 cm³/mol. The lowest BCUT2D eigenvalue weighted by Crippen LogP contribution is -1.91. The molecule has 0 saturated carbocycles. The van der Waals surface area contributed by atoms with Gasteiger partial charge >= 0.3 is 0 Å². The summed E-state index contributed by atoms with van der Waals surface area (Å²) in [5.74, 6) is 1.56. The third-order valence-corrected chi connectivity index (χ3v) is 2.80. The summed E-state index contributed by atoms with van der Waals surface area (Å²) >= 11 is 0. The lowest BCUT2D eigenvalue weighted by molar-refractivity contribution is 0.409. The molecule has 0 heterocycles. The third kappa shape index (κ3) is 1.15. The Labute approximate surface area is 79.0 Å². The van der Waals surface area contributed by atoms with Gasteiger partial charge in [-0.1, -0.05) is 25.6 Å². The maximum absolute atomic E-state index is 5.31. The Morgan fingerprint density at radius 2 is 2.23 bits per heavy atom. The van der Waals surface area contributed by atoms with Crippen molar-refractivity contribution in [3.63, 3.8) is 0 Å². The van der Waals surface area contributed by atoms with Gasteiger partial charge in [0.2, 0.25) is 0 Å². The van der Waals surface area contributed by atoms with E-state index in [4.69, 9.17) is 4.74 Å². The van der Waals surface area contributed by atoms with Crippen molar-refractivity contribution >= 4 is 5.57 Å². The van der Waals surface area contributed by atoms with Gasteiger partial charge in [0.1, 0.15) is 5.75 Å². The molecule has 0 spiro atoms. The fourth-order valence-corrected chi connectivity index (χ4v) is 1.96. The van der Waals surface area contributed by atoms with Crippen molar-refractivity contribution in [3.05, 3.63) is 35.9 Å². The fourth-order valence-electron chi connectivity index (χ4n) is 1.96. The van der Waals surface area contributed by atoms with E-state index >= 15 is 0 Å². The normalized spacial score (nSPS) is 20.2. The molecule has 0 aliphatic heterocycles. The first-order chi connectivity index (χ1) is 6.24. The minimum Gasteiger partial charge on any atom is -0.496 e. The van der Waals surface area contributed by atoms with Crippen LogP contribution in [0.2, 0.25) is 0 Å². The molecule has 68 valence electrons. The van der Waals surface area contributed by atoms with Gasteiger partial charge in [-0.25, -0.2) is 0 Å². The highest BCUT2D eigenvalue weighted by Crippen LogP contribution is 2.39. The second kappa shape index (κ2) is 2.91. The fraction of sp³-hybridized carbons (Fsp3) is 0.333. The van der Waals surface area contributed by atoms with E-state index in [1.807, 2.05) is 12.1 Å². The van der Waals surface area contributed by atoms with E-state index in [9.17, 15) is 0 Å². The summed E-state index contributed by atoms with van der Waals surface area (Å²) in [6.45, 7) is 6.31. The quantitative estimate of drug-likeness (QED) is 0.636. The van der Waals surface area contributed by atoms with Crippen molar-refractivity contribution in [1.82, 2.24) is 0 Å². The second-order valence-electron chi connectivity index (χ2n) is 3.62. The average Bonchev–Trinajstić information content (AvgIpc) is 2.43. The summed E-state index contributed by atoms with van der Waals surface area (Å²) in [5.41, 5.74) is 3.85. The molecule has 0 saturated heterocycles. The molecular formula is C12H14O. The van der Waals surface area contributed by atoms with Gasteiger partial charge < -0.3 is 4.74 Å². The zero-order valence-electron chi connectivity index (χ0n) is 8.13. The van der Waals surface area contributed by atoms with Crippen LogP contribution in [-0.2, 0) is 6.42 Å². The van der Waals surface area contributed by atoms with E-state index < -0.39 is 0 Å². The molecule has 1 aromatic rings. The summed E-state index contributed by atoms with van der Waals surface area (Å²) in [6, 6.07) is 6.18. The van der Waals surface area contributed by atoms with Crippen LogP contribution in [0.15, 0.2) is 24.8 Å². The lowest BCUT2D eigenvalue weighted by atomic mass is 10.0. The number of benzene rings is 1. The molecule has 1 aliphatic carbocycles. The van der Waals surface area contributed by atoms with Crippen molar-refractivity contribution in [2.75, 3.05) is 7.11 Å². The number of hydrogen-bond acceptors (Lipinski definition) is 1. The monoisotopic (exact) mass is 174 g/mol. The van der Waals surface area contributed by atoms with Gasteiger partial charge in [0, 0.05) is 5.56 Å². The number of allylic oxidation sites excluding steroid dienone is 1. The van der Waals surface area contributed by atoms with Crippen molar-refractivity contribution in [3.8, 4) is 5.75 Å². The van der Waals surface area contributed by atoms with Crippen LogP contribution in [0.1, 0.15) is 18.1 Å². The van der Waals surface area contributed by atoms with Crippen LogP contribution in [0.5, 0.6) is 5.75 Å². The molecule has 1 nitrogen and oxygen atoms in total. The highest BCUT2D eigenvalue weighted by atomic mass is 16.5. The highest BCUT2D eigenvalue weighted by Gasteiger charge is 2.24. The largest absolute Gasteiger partial charge is 0.496 e. The molecule has 1 aliphatic rings. The molecular weight excluding hydrogens is 160 g/mol. The van der Waals surface area contributed by atoms with Crippen LogP contribution < -0.4 is 4.74 Å². The van der Waals surface area contributed by atoms with Gasteiger partial charge in [-0.05, 0) is 29.5 Å². The first-order valence-electron chi connectivity index (χ1n) is 4.59. The predicted octanol–water partition coefficient (Wildman–Crippen LogP) is 2.90. The number of rotatable bonds is 1. The molecule has 2 rings (SSSR count). The van der Waals surface area contributed by atoms with Gasteiger partial charge in [-0.2, -0.15) is 0 Å². The molecule has 0 N–H and O–H groups in total. The highest BCUT2D eigenvalue weighted by molar-refractivity contribution is 5.74. The van der Waals surface area contributed by atoms with Gasteiger partial charge in [0.05, 0.1) is 7.11 Å². The van der Waals surface area contributed by atoms with E-state index in [1.165, 1.54) is 16.7 Å². The molecule has 1 heteroatoms. The molecule has 0 fully saturated rings. The number of hydrogen-bond donors (Lipinski definition) is 0. The standard InChI is InChI=1S/C12H14O/c1-8-7-11-10(9(8)2)5-4-6-12(11)13-3/h4-6,8H,2,7H2,1,3H3. The summed E-state index contributed by atoms with van der Waals surface area (Å²) in [4.78, 5) is 0. The Bertz CT molecular complexity index is 352. The van der Waals surface area contributed by atoms with Crippen molar-refractivity contribution in [2.24, 2.45) is 5.92 Å². The molecule has 0 amide bonds. The van der Waals surface area contributed by atoms with Crippen LogP contribution in [0, 0.1) is 5.92 Å². The maximum Gasteiger partial charge on any atom is 0.122 e. The second-order valence-corrected chi connectivity index (χ2v) is 3.62. The van der Waals surface area contributed by atoms with Gasteiger partial charge in [-0.15, -0.1) is 0 Å². The van der Waals surface area contributed by atoms with Crippen LogP contribution in [-0.4, -0.2) is 7.11 Å². The first-order valence-corrected chi connectivity index (χ1v) is 4.59. The molecule has 0 aromatic heterocycles. The van der Waals surface area contributed by atoms with E-state index in [0.717, 1.165) is 12.2 Å². The van der Waals surface area contributed by atoms with Crippen LogP contribution >= 0.6 is 0 Å². The smallest absolute Gasteiger partial charge is 0.122 e.